The molecule has 2 saturated carbocycles. The molecule has 0 spiro atoms. The van der Waals surface area contributed by atoms with Crippen LogP contribution in [0.5, 0.6) is 0 Å². The maximum absolute atomic E-state index is 9.47. The first-order valence-electron chi connectivity index (χ1n) is 9.64. The molecule has 0 aromatic rings. The van der Waals surface area contributed by atoms with Crippen molar-refractivity contribution in [1.29, 1.82) is 0 Å². The topological polar surface area (TPSA) is 120 Å². The first-order chi connectivity index (χ1) is 12.5. The van der Waals surface area contributed by atoms with E-state index >= 15 is 0 Å². The van der Waals surface area contributed by atoms with Crippen LogP contribution in [-0.4, -0.2) is 31.1 Å². The molecule has 3 atom stereocenters. The molecular weight excluding hydrogens is 390 g/mol. The molecule has 9 heteroatoms. The van der Waals surface area contributed by atoms with Crippen LogP contribution in [0.3, 0.4) is 0 Å². The molecule has 0 saturated heterocycles. The maximum atomic E-state index is 9.47. The number of hydrogen-bond acceptors (Lipinski definition) is 7. The van der Waals surface area contributed by atoms with Crippen molar-refractivity contribution < 1.29 is 33.3 Å². The number of allylic oxidation sites excluding steroid dienone is 3. The smallest absolute Gasteiger partial charge is 0.165 e. The van der Waals surface area contributed by atoms with Crippen LogP contribution < -0.4 is 0 Å². The predicted molar refractivity (Wildman–Crippen MR) is 105 cm³/mol. The van der Waals surface area contributed by atoms with Gasteiger partial charge in [-0.2, -0.15) is 24.5 Å². The Morgan fingerprint density at radius 3 is 2.56 bits per heavy atom. The zero-order valence-electron chi connectivity index (χ0n) is 16.0. The summed E-state index contributed by atoms with van der Waals surface area (Å²) in [5.74, 6) is 2.26. The van der Waals surface area contributed by atoms with E-state index in [0.717, 1.165) is 36.7 Å². The Labute approximate surface area is 162 Å². The summed E-state index contributed by atoms with van der Waals surface area (Å²) in [5, 5.41) is 0. The third-order valence-electron chi connectivity index (χ3n) is 6.54. The van der Waals surface area contributed by atoms with Gasteiger partial charge in [0, 0.05) is 0 Å². The van der Waals surface area contributed by atoms with Crippen molar-refractivity contribution >= 4 is 16.3 Å². The van der Waals surface area contributed by atoms with Crippen LogP contribution in [0.15, 0.2) is 23.3 Å². The molecule has 3 aliphatic carbocycles. The highest BCUT2D eigenvalue weighted by Crippen LogP contribution is 2.67. The molecule has 2 fully saturated rings. The van der Waals surface area contributed by atoms with Crippen molar-refractivity contribution in [1.82, 2.24) is 0 Å². The summed E-state index contributed by atoms with van der Waals surface area (Å²) < 4.78 is 8.81. The van der Waals surface area contributed by atoms with Gasteiger partial charge in [-0.15, -0.1) is 4.52 Å². The van der Waals surface area contributed by atoms with E-state index < -0.39 is 16.3 Å². The standard InChI is InChI=1S/C18H32O7P2/c1-18(2)10-3-4-16-15-7-5-13(12-14(15)6-8-17(16)18)9-11-24-27(22,23)25-26(19,20)21/h9,12,15-17,19-23H,3-8,10-11H2,1-2H3/q+2/b13-9-/t15-,16?,17+/m1/s1. The van der Waals surface area contributed by atoms with Gasteiger partial charge in [-0.1, -0.05) is 38.0 Å². The number of fused-ring (bicyclic) bond motifs is 3. The van der Waals surface area contributed by atoms with Crippen molar-refractivity contribution in [3.8, 4) is 0 Å². The van der Waals surface area contributed by atoms with Gasteiger partial charge < -0.3 is 0 Å². The Bertz CT molecular complexity index is 609. The largest absolute Gasteiger partial charge is 0.620 e. The van der Waals surface area contributed by atoms with Crippen LogP contribution in [0.4, 0.5) is 0 Å². The van der Waals surface area contributed by atoms with E-state index in [1.165, 1.54) is 31.3 Å². The van der Waals surface area contributed by atoms with Crippen molar-refractivity contribution in [3.05, 3.63) is 23.3 Å². The first kappa shape index (κ1) is 21.8. The van der Waals surface area contributed by atoms with E-state index in [9.17, 15) is 9.79 Å². The minimum Gasteiger partial charge on any atom is -0.165 e. The molecule has 7 nitrogen and oxygen atoms in total. The minimum atomic E-state index is -4.76. The molecule has 0 bridgehead atoms. The molecule has 0 aromatic heterocycles. The van der Waals surface area contributed by atoms with E-state index in [0.29, 0.717) is 11.3 Å². The van der Waals surface area contributed by atoms with Crippen molar-refractivity contribution in [2.75, 3.05) is 6.61 Å². The molecular formula is C18H32O7P2+2. The molecule has 27 heavy (non-hydrogen) atoms. The molecule has 0 aliphatic heterocycles. The van der Waals surface area contributed by atoms with Gasteiger partial charge in [0.05, 0.1) is 4.31 Å². The fourth-order valence-corrected chi connectivity index (χ4v) is 7.01. The van der Waals surface area contributed by atoms with E-state index in [1.807, 2.05) is 0 Å². The lowest BCUT2D eigenvalue weighted by Gasteiger charge is -2.52. The summed E-state index contributed by atoms with van der Waals surface area (Å²) in [7, 11) is -9.22. The van der Waals surface area contributed by atoms with Crippen molar-refractivity contribution in [2.24, 2.45) is 23.2 Å². The van der Waals surface area contributed by atoms with Crippen molar-refractivity contribution in [3.63, 3.8) is 0 Å². The van der Waals surface area contributed by atoms with Gasteiger partial charge in [-0.3, -0.25) is 0 Å². The quantitative estimate of drug-likeness (QED) is 0.427. The molecule has 3 rings (SSSR count). The van der Waals surface area contributed by atoms with Gasteiger partial charge in [-0.25, -0.2) is 0 Å². The lowest BCUT2D eigenvalue weighted by Crippen LogP contribution is -2.42. The Morgan fingerprint density at radius 1 is 1.11 bits per heavy atom. The molecule has 0 heterocycles. The average molecular weight is 422 g/mol. The Morgan fingerprint density at radius 2 is 1.85 bits per heavy atom. The lowest BCUT2D eigenvalue weighted by atomic mass is 9.53. The fourth-order valence-electron chi connectivity index (χ4n) is 5.41. The average Bonchev–Trinajstić information content (AvgIpc) is 2.51. The number of hydrogen-bond donors (Lipinski definition) is 5. The van der Waals surface area contributed by atoms with Crippen LogP contribution in [0.25, 0.3) is 0 Å². The molecule has 0 amide bonds. The Balaban J connectivity index is 1.61. The van der Waals surface area contributed by atoms with Gasteiger partial charge in [0.2, 0.25) is 0 Å². The minimum absolute atomic E-state index is 0.135. The molecule has 0 aromatic carbocycles. The molecule has 1 unspecified atom stereocenters. The van der Waals surface area contributed by atoms with E-state index in [2.05, 4.69) is 24.2 Å². The summed E-state index contributed by atoms with van der Waals surface area (Å²) in [6.45, 7) is 4.71. The third kappa shape index (κ3) is 5.57. The second-order valence-electron chi connectivity index (χ2n) is 8.71. The van der Waals surface area contributed by atoms with Crippen LogP contribution >= 0.6 is 16.3 Å². The second kappa shape index (κ2) is 8.06. The highest BCUT2D eigenvalue weighted by atomic mass is 31.3. The van der Waals surface area contributed by atoms with Crippen LogP contribution in [0.1, 0.15) is 58.8 Å². The highest BCUT2D eigenvalue weighted by Gasteiger charge is 2.58. The summed E-state index contributed by atoms with van der Waals surface area (Å²) in [6, 6.07) is 0. The van der Waals surface area contributed by atoms with Gasteiger partial charge >= 0.3 is 16.3 Å². The first-order valence-corrected chi connectivity index (χ1v) is 12.7. The summed E-state index contributed by atoms with van der Waals surface area (Å²) in [5.41, 5.74) is 3.04. The summed E-state index contributed by atoms with van der Waals surface area (Å²) >= 11 is 0. The van der Waals surface area contributed by atoms with E-state index in [-0.39, 0.29) is 6.61 Å². The fraction of sp³-hybridized carbons (Fsp3) is 0.778. The summed E-state index contributed by atoms with van der Waals surface area (Å²) in [4.78, 5) is 45.2. The van der Waals surface area contributed by atoms with Crippen molar-refractivity contribution in [2.45, 2.75) is 58.8 Å². The SMILES string of the molecule is CC1(C)CCCC2[C@@H]3CC/C(=C/CO[P+](O)(O)O[P+](O)(O)O)C=C3CC[C@@H]21. The molecule has 5 N–H and O–H groups in total. The normalized spacial score (nSPS) is 32.6. The lowest BCUT2D eigenvalue weighted by molar-refractivity contribution is 0.0214. The van der Waals surface area contributed by atoms with E-state index in [4.69, 9.17) is 19.2 Å². The maximum Gasteiger partial charge on any atom is 0.620 e. The monoisotopic (exact) mass is 422 g/mol. The second-order valence-corrected chi connectivity index (χ2v) is 11.6. The zero-order valence-corrected chi connectivity index (χ0v) is 17.8. The Hall–Kier alpha value is 0.0600. The number of rotatable bonds is 5. The summed E-state index contributed by atoms with van der Waals surface area (Å²) in [6.07, 6.45) is 12.4. The van der Waals surface area contributed by atoms with E-state index in [1.54, 1.807) is 6.08 Å². The zero-order chi connectivity index (χ0) is 19.9. The molecule has 0 radical (unpaired) electrons. The highest BCUT2D eigenvalue weighted by molar-refractivity contribution is 7.67. The van der Waals surface area contributed by atoms with Crippen LogP contribution in [0.2, 0.25) is 0 Å². The van der Waals surface area contributed by atoms with Crippen LogP contribution in [0, 0.1) is 23.2 Å². The Kier molecular flexibility index (Phi) is 6.50. The van der Waals surface area contributed by atoms with Gasteiger partial charge in [0.25, 0.3) is 0 Å². The molecule has 154 valence electrons. The third-order valence-corrected chi connectivity index (χ3v) is 8.75. The van der Waals surface area contributed by atoms with Gasteiger partial charge in [0.15, 0.2) is 0 Å². The predicted octanol–water partition coefficient (Wildman–Crippen LogP) is 3.84. The van der Waals surface area contributed by atoms with Gasteiger partial charge in [0.1, 0.15) is 6.61 Å². The molecule has 3 aliphatic rings. The van der Waals surface area contributed by atoms with Gasteiger partial charge in [-0.05, 0) is 67.3 Å². The van der Waals surface area contributed by atoms with Crippen LogP contribution in [-0.2, 0) is 8.83 Å².